The molecule has 8 heteroatoms. The molecule has 1 amide bonds. The number of carbonyl (C=O) groups is 1. The van der Waals surface area contributed by atoms with E-state index in [4.69, 9.17) is 0 Å². The fourth-order valence-corrected chi connectivity index (χ4v) is 3.38. The lowest BCUT2D eigenvalue weighted by molar-refractivity contribution is -0.118. The number of rotatable bonds is 6. The first-order valence-corrected chi connectivity index (χ1v) is 8.93. The Balaban J connectivity index is 0.00000182. The molecule has 1 aromatic heterocycles. The van der Waals surface area contributed by atoms with E-state index in [9.17, 15) is 4.79 Å². The van der Waals surface area contributed by atoms with Gasteiger partial charge in [0.05, 0.1) is 6.20 Å². The standard InChI is InChI=1S/C19H27N5O.2ClH/c1-20-18(16-12-21-23(2)14-16)19(25)22-17-8-6-7-15(11-17)13-24-9-4-3-5-10-24;;/h6-8,11-12,14,18,20H,3-5,9-10,13H2,1-2H3,(H,22,25);2*1H. The highest BCUT2D eigenvalue weighted by Gasteiger charge is 2.20. The SMILES string of the molecule is CNC(C(=O)Nc1cccc(CN2CCCCC2)c1)c1cnn(C)c1.Cl.Cl. The Morgan fingerprint density at radius 1 is 1.22 bits per heavy atom. The van der Waals surface area contributed by atoms with Gasteiger partial charge in [0.25, 0.3) is 0 Å². The maximum atomic E-state index is 12.6. The lowest BCUT2D eigenvalue weighted by Gasteiger charge is -2.26. The molecule has 1 aromatic carbocycles. The molecule has 2 heterocycles. The number of carbonyl (C=O) groups excluding carboxylic acids is 1. The Hall–Kier alpha value is -1.60. The van der Waals surface area contributed by atoms with Crippen LogP contribution in [0, 0.1) is 0 Å². The van der Waals surface area contributed by atoms with Crippen LogP contribution in [0.2, 0.25) is 0 Å². The van der Waals surface area contributed by atoms with Gasteiger partial charge < -0.3 is 10.6 Å². The summed E-state index contributed by atoms with van der Waals surface area (Å²) < 4.78 is 1.70. The Kier molecular flexibility index (Phi) is 9.80. The van der Waals surface area contributed by atoms with Crippen LogP contribution in [0.3, 0.4) is 0 Å². The minimum absolute atomic E-state index is 0. The minimum Gasteiger partial charge on any atom is -0.324 e. The van der Waals surface area contributed by atoms with Crippen molar-refractivity contribution >= 4 is 36.4 Å². The van der Waals surface area contributed by atoms with Crippen LogP contribution in [0.1, 0.15) is 36.4 Å². The van der Waals surface area contributed by atoms with E-state index in [1.807, 2.05) is 25.4 Å². The van der Waals surface area contributed by atoms with Crippen molar-refractivity contribution < 1.29 is 4.79 Å². The first-order valence-electron chi connectivity index (χ1n) is 8.93. The number of aryl methyl sites for hydroxylation is 1. The van der Waals surface area contributed by atoms with Gasteiger partial charge in [-0.1, -0.05) is 18.6 Å². The third kappa shape index (κ3) is 6.50. The molecule has 0 aliphatic carbocycles. The third-order valence-corrected chi connectivity index (χ3v) is 4.66. The van der Waals surface area contributed by atoms with E-state index in [2.05, 4.69) is 32.8 Å². The van der Waals surface area contributed by atoms with Crippen molar-refractivity contribution in [3.63, 3.8) is 0 Å². The van der Waals surface area contributed by atoms with Crippen molar-refractivity contribution in [1.82, 2.24) is 20.0 Å². The molecule has 2 aromatic rings. The van der Waals surface area contributed by atoms with Crippen molar-refractivity contribution in [2.24, 2.45) is 7.05 Å². The van der Waals surface area contributed by atoms with Crippen LogP contribution >= 0.6 is 24.8 Å². The van der Waals surface area contributed by atoms with Gasteiger partial charge in [0.2, 0.25) is 5.91 Å². The van der Waals surface area contributed by atoms with Crippen LogP contribution in [0.25, 0.3) is 0 Å². The third-order valence-electron chi connectivity index (χ3n) is 4.66. The Bertz CT molecular complexity index is 716. The van der Waals surface area contributed by atoms with Gasteiger partial charge in [-0.3, -0.25) is 14.4 Å². The summed E-state index contributed by atoms with van der Waals surface area (Å²) in [5.41, 5.74) is 2.93. The normalized spacial score (nSPS) is 15.3. The number of hydrogen-bond donors (Lipinski definition) is 2. The van der Waals surface area contributed by atoms with E-state index >= 15 is 0 Å². The number of halogens is 2. The average molecular weight is 414 g/mol. The molecule has 0 saturated carbocycles. The second kappa shape index (κ2) is 11.3. The number of piperidine rings is 1. The number of benzene rings is 1. The number of amides is 1. The number of nitrogens with one attached hydrogen (secondary N) is 2. The minimum atomic E-state index is -0.417. The van der Waals surface area contributed by atoms with E-state index in [0.29, 0.717) is 0 Å². The van der Waals surface area contributed by atoms with Crippen molar-refractivity contribution in [3.8, 4) is 0 Å². The molecular weight excluding hydrogens is 385 g/mol. The van der Waals surface area contributed by atoms with E-state index in [1.165, 1.54) is 37.9 Å². The highest BCUT2D eigenvalue weighted by atomic mass is 35.5. The van der Waals surface area contributed by atoms with Crippen LogP contribution in [0.15, 0.2) is 36.7 Å². The fourth-order valence-electron chi connectivity index (χ4n) is 3.38. The molecule has 2 N–H and O–H groups in total. The summed E-state index contributed by atoms with van der Waals surface area (Å²) >= 11 is 0. The van der Waals surface area contributed by atoms with Crippen molar-refractivity contribution in [2.75, 3.05) is 25.5 Å². The summed E-state index contributed by atoms with van der Waals surface area (Å²) in [7, 11) is 3.63. The van der Waals surface area contributed by atoms with Gasteiger partial charge in [0.1, 0.15) is 6.04 Å². The van der Waals surface area contributed by atoms with Crippen molar-refractivity contribution in [2.45, 2.75) is 31.8 Å². The largest absolute Gasteiger partial charge is 0.324 e. The molecule has 1 aliphatic heterocycles. The van der Waals surface area contributed by atoms with E-state index in [1.54, 1.807) is 17.9 Å². The number of hydrogen-bond acceptors (Lipinski definition) is 4. The Morgan fingerprint density at radius 3 is 2.59 bits per heavy atom. The lowest BCUT2D eigenvalue weighted by atomic mass is 10.1. The molecular formula is C19H29Cl2N5O. The number of aromatic nitrogens is 2. The first kappa shape index (κ1) is 23.4. The first-order chi connectivity index (χ1) is 12.2. The van der Waals surface area contributed by atoms with Crippen molar-refractivity contribution in [1.29, 1.82) is 0 Å². The quantitative estimate of drug-likeness (QED) is 0.763. The monoisotopic (exact) mass is 413 g/mol. The summed E-state index contributed by atoms with van der Waals surface area (Å²) in [6, 6.07) is 7.73. The zero-order valence-corrected chi connectivity index (χ0v) is 17.5. The molecule has 1 aliphatic rings. The average Bonchev–Trinajstić information content (AvgIpc) is 3.03. The topological polar surface area (TPSA) is 62.2 Å². The van der Waals surface area contributed by atoms with Gasteiger partial charge in [0, 0.05) is 31.0 Å². The van der Waals surface area contributed by atoms with Crippen LogP contribution < -0.4 is 10.6 Å². The highest BCUT2D eigenvalue weighted by molar-refractivity contribution is 5.95. The van der Waals surface area contributed by atoms with Gasteiger partial charge in [-0.05, 0) is 50.7 Å². The summed E-state index contributed by atoms with van der Waals surface area (Å²) in [4.78, 5) is 15.1. The maximum absolute atomic E-state index is 12.6. The predicted octanol–water partition coefficient (Wildman–Crippen LogP) is 3.15. The highest BCUT2D eigenvalue weighted by Crippen LogP contribution is 2.18. The molecule has 3 rings (SSSR count). The predicted molar refractivity (Wildman–Crippen MR) is 114 cm³/mol. The van der Waals surface area contributed by atoms with Crippen molar-refractivity contribution in [3.05, 3.63) is 47.8 Å². The van der Waals surface area contributed by atoms with Gasteiger partial charge in [0.15, 0.2) is 0 Å². The maximum Gasteiger partial charge on any atom is 0.246 e. The molecule has 0 bridgehead atoms. The Morgan fingerprint density at radius 2 is 1.96 bits per heavy atom. The van der Waals surface area contributed by atoms with Crippen LogP contribution in [0.4, 0.5) is 5.69 Å². The molecule has 1 unspecified atom stereocenters. The van der Waals surface area contributed by atoms with Gasteiger partial charge in [-0.2, -0.15) is 5.10 Å². The molecule has 150 valence electrons. The van der Waals surface area contributed by atoms with Crippen LogP contribution in [-0.4, -0.2) is 40.7 Å². The molecule has 0 spiro atoms. The van der Waals surface area contributed by atoms with E-state index < -0.39 is 6.04 Å². The molecule has 0 radical (unpaired) electrons. The number of nitrogens with zero attached hydrogens (tertiary/aromatic N) is 3. The van der Waals surface area contributed by atoms with Gasteiger partial charge in [-0.15, -0.1) is 24.8 Å². The summed E-state index contributed by atoms with van der Waals surface area (Å²) in [5.74, 6) is -0.0781. The molecule has 1 fully saturated rings. The number of anilines is 1. The number of likely N-dealkylation sites (N-methyl/N-ethyl adjacent to an activating group) is 1. The molecule has 6 nitrogen and oxygen atoms in total. The van der Waals surface area contributed by atoms with Crippen LogP contribution in [-0.2, 0) is 18.4 Å². The molecule has 1 saturated heterocycles. The lowest BCUT2D eigenvalue weighted by Crippen LogP contribution is -2.30. The summed E-state index contributed by atoms with van der Waals surface area (Å²) in [5, 5.41) is 10.2. The Labute approximate surface area is 173 Å². The second-order valence-electron chi connectivity index (χ2n) is 6.70. The zero-order chi connectivity index (χ0) is 17.6. The smallest absolute Gasteiger partial charge is 0.246 e. The second-order valence-corrected chi connectivity index (χ2v) is 6.70. The molecule has 27 heavy (non-hydrogen) atoms. The summed E-state index contributed by atoms with van der Waals surface area (Å²) in [6.07, 6.45) is 7.48. The van der Waals surface area contributed by atoms with Crippen LogP contribution in [0.5, 0.6) is 0 Å². The zero-order valence-electron chi connectivity index (χ0n) is 15.9. The molecule has 1 atom stereocenters. The summed E-state index contributed by atoms with van der Waals surface area (Å²) in [6.45, 7) is 3.28. The van der Waals surface area contributed by atoms with Gasteiger partial charge >= 0.3 is 0 Å². The van der Waals surface area contributed by atoms with Gasteiger partial charge in [-0.25, -0.2) is 0 Å². The fraction of sp³-hybridized carbons (Fsp3) is 0.474. The number of likely N-dealkylation sites (tertiary alicyclic amines) is 1. The van der Waals surface area contributed by atoms with E-state index in [0.717, 1.165) is 17.8 Å². The van der Waals surface area contributed by atoms with E-state index in [-0.39, 0.29) is 30.7 Å².